The molecule has 0 spiro atoms. The Morgan fingerprint density at radius 3 is 2.60 bits per heavy atom. The number of nitrogens with zero attached hydrogens (tertiary/aromatic N) is 4. The van der Waals surface area contributed by atoms with Crippen LogP contribution in [0.25, 0.3) is 11.3 Å². The number of rotatable bonds is 7. The number of aliphatic hydroxyl groups is 1. The molecule has 0 saturated carbocycles. The molecule has 3 rings (SSSR count). The van der Waals surface area contributed by atoms with Crippen molar-refractivity contribution >= 4 is 47.2 Å². The van der Waals surface area contributed by atoms with E-state index in [4.69, 9.17) is 15.9 Å². The van der Waals surface area contributed by atoms with E-state index >= 15 is 4.39 Å². The van der Waals surface area contributed by atoms with Crippen LogP contribution in [0.3, 0.4) is 0 Å². The van der Waals surface area contributed by atoms with E-state index in [0.717, 1.165) is 6.21 Å². The Morgan fingerprint density at radius 1 is 1.13 bits per heavy atom. The van der Waals surface area contributed by atoms with Gasteiger partial charge in [-0.2, -0.15) is 4.98 Å². The first-order valence-corrected chi connectivity index (χ1v) is 8.67. The third-order valence-corrected chi connectivity index (χ3v) is 3.76. The number of carboxylic acids is 1. The van der Waals surface area contributed by atoms with Gasteiger partial charge in [0.05, 0.1) is 18.0 Å². The number of carbonyl (C=O) groups is 1. The number of aromatic nitrogens is 2. The summed E-state index contributed by atoms with van der Waals surface area (Å²) in [6.07, 6.45) is 2.10. The Hall–Kier alpha value is -4.18. The fraction of sp³-hybridized carbons (Fsp3) is 0.0500. The number of hydrogen-bond donors (Lipinski definition) is 4. The van der Waals surface area contributed by atoms with Crippen LogP contribution in [0, 0.1) is 5.82 Å². The Balaban J connectivity index is 1.91. The summed E-state index contributed by atoms with van der Waals surface area (Å²) in [5.74, 6) is -2.13. The van der Waals surface area contributed by atoms with Crippen LogP contribution in [0.2, 0.25) is 0 Å². The first-order chi connectivity index (χ1) is 14.5. The Kier molecular flexibility index (Phi) is 6.40. The third-order valence-electron chi connectivity index (χ3n) is 3.76. The predicted molar refractivity (Wildman–Crippen MR) is 113 cm³/mol. The number of carboxylic acid groups (broad SMARTS) is 1. The number of benzene rings is 2. The summed E-state index contributed by atoms with van der Waals surface area (Å²) in [7, 11) is 0. The molecule has 0 bridgehead atoms. The molecule has 0 aliphatic rings. The van der Waals surface area contributed by atoms with Gasteiger partial charge >= 0.3 is 5.97 Å². The van der Waals surface area contributed by atoms with Crippen LogP contribution in [0.15, 0.2) is 58.5 Å². The van der Waals surface area contributed by atoms with Crippen molar-refractivity contribution in [3.8, 4) is 11.3 Å². The van der Waals surface area contributed by atoms with Gasteiger partial charge in [-0.05, 0) is 30.3 Å². The van der Waals surface area contributed by atoms with E-state index < -0.39 is 11.8 Å². The summed E-state index contributed by atoms with van der Waals surface area (Å²) in [6.45, 7) is -0.196. The van der Waals surface area contributed by atoms with Gasteiger partial charge in [-0.25, -0.2) is 19.2 Å². The second-order valence-electron chi connectivity index (χ2n) is 5.91. The zero-order chi connectivity index (χ0) is 21.5. The first kappa shape index (κ1) is 20.6. The van der Waals surface area contributed by atoms with E-state index in [1.54, 1.807) is 36.4 Å². The second-order valence-corrected chi connectivity index (χ2v) is 5.91. The highest BCUT2D eigenvalue weighted by atomic mass is 19.1. The lowest BCUT2D eigenvalue weighted by Crippen LogP contribution is -2.05. The van der Waals surface area contributed by atoms with Crippen molar-refractivity contribution < 1.29 is 19.4 Å². The van der Waals surface area contributed by atoms with E-state index in [0.29, 0.717) is 22.6 Å². The van der Waals surface area contributed by atoms with Gasteiger partial charge < -0.3 is 21.3 Å². The molecule has 1 aromatic heterocycles. The van der Waals surface area contributed by atoms with E-state index in [9.17, 15) is 4.79 Å². The molecular formula is C20H17FN6O3. The molecule has 3 aromatic rings. The quantitative estimate of drug-likeness (QED) is 0.439. The monoisotopic (exact) mass is 408 g/mol. The maximum Gasteiger partial charge on any atom is 0.346 e. The predicted octanol–water partition coefficient (Wildman–Crippen LogP) is 3.09. The van der Waals surface area contributed by atoms with Crippen LogP contribution < -0.4 is 11.1 Å². The van der Waals surface area contributed by atoms with Crippen LogP contribution in [-0.4, -0.2) is 45.2 Å². The van der Waals surface area contributed by atoms with Gasteiger partial charge in [0, 0.05) is 17.5 Å². The van der Waals surface area contributed by atoms with Crippen molar-refractivity contribution in [1.82, 2.24) is 9.97 Å². The lowest BCUT2D eigenvalue weighted by atomic mass is 10.1. The fourth-order valence-electron chi connectivity index (χ4n) is 2.52. The Bertz CT molecular complexity index is 1120. The Morgan fingerprint density at radius 2 is 1.90 bits per heavy atom. The van der Waals surface area contributed by atoms with Crippen LogP contribution in [-0.2, 0) is 4.79 Å². The van der Waals surface area contributed by atoms with Gasteiger partial charge in [0.25, 0.3) is 0 Å². The number of nitrogens with two attached hydrogens (primary N) is 1. The summed E-state index contributed by atoms with van der Waals surface area (Å²) in [5.41, 5.74) is 7.63. The maximum atomic E-state index is 15.1. The number of aliphatic imine (C=N–C) groups is 2. The van der Waals surface area contributed by atoms with E-state index in [1.807, 2.05) is 0 Å². The number of aliphatic carboxylic acids is 1. The SMILES string of the molecule is Nc1nc(Nc2cccc(N=CCO)c2)c(F)c(-c2ccc(N=CC(=O)O)cc2)n1. The zero-order valence-electron chi connectivity index (χ0n) is 15.5. The molecular weight excluding hydrogens is 391 g/mol. The number of anilines is 3. The molecule has 2 aromatic carbocycles. The minimum absolute atomic E-state index is 0.0202. The molecule has 0 unspecified atom stereocenters. The van der Waals surface area contributed by atoms with E-state index in [1.165, 1.54) is 18.3 Å². The van der Waals surface area contributed by atoms with Gasteiger partial charge in [0.1, 0.15) is 11.9 Å². The lowest BCUT2D eigenvalue weighted by molar-refractivity contribution is -0.128. The molecule has 0 saturated heterocycles. The average molecular weight is 408 g/mol. The maximum absolute atomic E-state index is 15.1. The minimum atomic E-state index is -1.17. The van der Waals surface area contributed by atoms with Gasteiger partial charge in [0.15, 0.2) is 11.6 Å². The molecule has 5 N–H and O–H groups in total. The number of nitrogen functional groups attached to an aromatic ring is 1. The van der Waals surface area contributed by atoms with Crippen molar-refractivity contribution in [2.24, 2.45) is 9.98 Å². The van der Waals surface area contributed by atoms with E-state index in [2.05, 4.69) is 25.3 Å². The van der Waals surface area contributed by atoms with Crippen molar-refractivity contribution in [3.63, 3.8) is 0 Å². The second kappa shape index (κ2) is 9.34. The number of aliphatic hydroxyl groups excluding tert-OH is 1. The topological polar surface area (TPSA) is 146 Å². The number of nitrogens with one attached hydrogen (secondary N) is 1. The molecule has 0 aliphatic heterocycles. The molecule has 0 atom stereocenters. The third kappa shape index (κ3) is 5.20. The fourth-order valence-corrected chi connectivity index (χ4v) is 2.52. The largest absolute Gasteiger partial charge is 0.477 e. The Labute approximate surface area is 170 Å². The van der Waals surface area contributed by atoms with Crippen molar-refractivity contribution in [2.45, 2.75) is 0 Å². The summed E-state index contributed by atoms with van der Waals surface area (Å²) >= 11 is 0. The average Bonchev–Trinajstić information content (AvgIpc) is 2.74. The summed E-state index contributed by atoms with van der Waals surface area (Å²) in [6, 6.07) is 12.9. The molecule has 10 heteroatoms. The number of hydrogen-bond acceptors (Lipinski definition) is 8. The standard InChI is InChI=1S/C20H17FN6O3/c21-17-18(12-4-6-13(7-5-12)24-11-16(29)30)26-20(22)27-19(17)25-15-3-1-2-14(10-15)23-8-9-28/h1-8,10-11,28H,9H2,(H,29,30)(H3,22,25,26,27). The molecule has 30 heavy (non-hydrogen) atoms. The van der Waals surface area contributed by atoms with Gasteiger partial charge in [-0.1, -0.05) is 18.2 Å². The molecule has 1 heterocycles. The lowest BCUT2D eigenvalue weighted by Gasteiger charge is -2.11. The van der Waals surface area contributed by atoms with Crippen molar-refractivity contribution in [2.75, 3.05) is 17.7 Å². The molecule has 152 valence electrons. The summed E-state index contributed by atoms with van der Waals surface area (Å²) in [5, 5.41) is 20.3. The highest BCUT2D eigenvalue weighted by molar-refractivity contribution is 6.22. The van der Waals surface area contributed by atoms with Gasteiger partial charge in [0.2, 0.25) is 5.95 Å². The summed E-state index contributed by atoms with van der Waals surface area (Å²) in [4.78, 5) is 26.3. The molecule has 0 fully saturated rings. The van der Waals surface area contributed by atoms with Crippen LogP contribution in [0.1, 0.15) is 0 Å². The summed E-state index contributed by atoms with van der Waals surface area (Å²) < 4.78 is 15.1. The van der Waals surface area contributed by atoms with E-state index in [-0.39, 0.29) is 24.1 Å². The molecule has 0 aliphatic carbocycles. The number of halogens is 1. The highest BCUT2D eigenvalue weighted by Crippen LogP contribution is 2.29. The van der Waals surface area contributed by atoms with Crippen LogP contribution in [0.4, 0.5) is 33.2 Å². The minimum Gasteiger partial charge on any atom is -0.477 e. The van der Waals surface area contributed by atoms with Gasteiger partial charge in [-0.3, -0.25) is 4.99 Å². The van der Waals surface area contributed by atoms with Gasteiger partial charge in [-0.15, -0.1) is 0 Å². The first-order valence-electron chi connectivity index (χ1n) is 8.67. The molecule has 0 amide bonds. The van der Waals surface area contributed by atoms with Crippen LogP contribution in [0.5, 0.6) is 0 Å². The van der Waals surface area contributed by atoms with Crippen molar-refractivity contribution in [1.29, 1.82) is 0 Å². The highest BCUT2D eigenvalue weighted by Gasteiger charge is 2.15. The zero-order valence-corrected chi connectivity index (χ0v) is 15.5. The van der Waals surface area contributed by atoms with Crippen molar-refractivity contribution in [3.05, 3.63) is 54.3 Å². The van der Waals surface area contributed by atoms with Crippen LogP contribution >= 0.6 is 0 Å². The smallest absolute Gasteiger partial charge is 0.346 e. The normalized spacial score (nSPS) is 11.3. The molecule has 9 nitrogen and oxygen atoms in total. The molecule has 0 radical (unpaired) electrons.